The van der Waals surface area contributed by atoms with Crippen LogP contribution in [-0.4, -0.2) is 38.8 Å². The Hall–Kier alpha value is -2.94. The highest BCUT2D eigenvalue weighted by atomic mass is 19.1. The number of amides is 1. The van der Waals surface area contributed by atoms with E-state index in [1.54, 1.807) is 6.92 Å². The van der Waals surface area contributed by atoms with Crippen molar-refractivity contribution in [1.82, 2.24) is 15.3 Å². The van der Waals surface area contributed by atoms with E-state index in [0.717, 1.165) is 31.0 Å². The van der Waals surface area contributed by atoms with Crippen molar-refractivity contribution in [3.05, 3.63) is 53.0 Å². The van der Waals surface area contributed by atoms with Crippen molar-refractivity contribution in [2.45, 2.75) is 50.9 Å². The zero-order valence-electron chi connectivity index (χ0n) is 15.8. The first kappa shape index (κ1) is 19.4. The van der Waals surface area contributed by atoms with Gasteiger partial charge in [-0.2, -0.15) is 0 Å². The Balaban J connectivity index is 1.55. The van der Waals surface area contributed by atoms with E-state index in [9.17, 15) is 18.7 Å². The van der Waals surface area contributed by atoms with Crippen molar-refractivity contribution in [2.75, 3.05) is 5.32 Å². The maximum Gasteiger partial charge on any atom is 0.270 e. The van der Waals surface area contributed by atoms with Gasteiger partial charge in [-0.15, -0.1) is 0 Å². The lowest BCUT2D eigenvalue weighted by molar-refractivity contribution is -0.115. The molecule has 2 aromatic rings. The van der Waals surface area contributed by atoms with Gasteiger partial charge < -0.3 is 15.7 Å². The number of carbonyl (C=O) groups excluding carboxylic acids is 1. The van der Waals surface area contributed by atoms with Gasteiger partial charge in [0.15, 0.2) is 0 Å². The average molecular weight is 401 g/mol. The second-order valence-corrected chi connectivity index (χ2v) is 7.32. The summed E-state index contributed by atoms with van der Waals surface area (Å²) < 4.78 is 27.5. The third-order valence-electron chi connectivity index (χ3n) is 5.34. The molecular formula is C20H21F2N5O2. The van der Waals surface area contributed by atoms with E-state index in [1.165, 1.54) is 6.33 Å². The molecule has 2 aliphatic rings. The zero-order valence-corrected chi connectivity index (χ0v) is 15.8. The second-order valence-electron chi connectivity index (χ2n) is 7.32. The first-order chi connectivity index (χ1) is 13.9. The zero-order chi connectivity index (χ0) is 20.5. The number of aliphatic hydroxyl groups excluding tert-OH is 1. The van der Waals surface area contributed by atoms with Gasteiger partial charge in [-0.3, -0.25) is 9.79 Å². The van der Waals surface area contributed by atoms with Gasteiger partial charge >= 0.3 is 0 Å². The van der Waals surface area contributed by atoms with Crippen LogP contribution in [0.1, 0.15) is 49.0 Å². The van der Waals surface area contributed by atoms with Crippen molar-refractivity contribution in [3.63, 3.8) is 0 Å². The number of hydrogen-bond donors (Lipinski definition) is 3. The number of aromatic nitrogens is 2. The van der Waals surface area contributed by atoms with Crippen LogP contribution in [0.3, 0.4) is 0 Å². The van der Waals surface area contributed by atoms with E-state index in [0.29, 0.717) is 23.5 Å². The van der Waals surface area contributed by atoms with Gasteiger partial charge in [-0.1, -0.05) is 0 Å². The Morgan fingerprint density at radius 2 is 2.10 bits per heavy atom. The topological polar surface area (TPSA) is 99.5 Å². The van der Waals surface area contributed by atoms with Crippen LogP contribution in [0.15, 0.2) is 29.5 Å². The number of halogens is 2. The Morgan fingerprint density at radius 3 is 2.86 bits per heavy atom. The first-order valence-electron chi connectivity index (χ1n) is 9.53. The Kier molecular flexibility index (Phi) is 5.23. The van der Waals surface area contributed by atoms with Crippen molar-refractivity contribution in [1.29, 1.82) is 0 Å². The largest absolute Gasteiger partial charge is 0.391 e. The SMILES string of the molecule is C[C@@H](NC(=O)C1=NCc2ncnc(N[C@@H]3CCC[C@H]3O)c21)c1cc(F)ccc1F. The van der Waals surface area contributed by atoms with Crippen LogP contribution in [0, 0.1) is 11.6 Å². The molecule has 29 heavy (non-hydrogen) atoms. The number of aliphatic hydroxyl groups is 1. The molecule has 0 unspecified atom stereocenters. The average Bonchev–Trinajstić information content (AvgIpc) is 3.30. The van der Waals surface area contributed by atoms with Gasteiger partial charge in [0.25, 0.3) is 5.91 Å². The number of aliphatic imine (C=N–C) groups is 1. The molecule has 1 amide bonds. The van der Waals surface area contributed by atoms with Crippen LogP contribution >= 0.6 is 0 Å². The molecule has 152 valence electrons. The number of anilines is 1. The molecule has 1 aliphatic carbocycles. The molecule has 0 radical (unpaired) electrons. The van der Waals surface area contributed by atoms with E-state index >= 15 is 0 Å². The predicted octanol–water partition coefficient (Wildman–Crippen LogP) is 2.26. The summed E-state index contributed by atoms with van der Waals surface area (Å²) in [5.41, 5.74) is 1.27. The summed E-state index contributed by atoms with van der Waals surface area (Å²) in [4.78, 5) is 25.6. The van der Waals surface area contributed by atoms with Crippen LogP contribution in [0.25, 0.3) is 0 Å². The van der Waals surface area contributed by atoms with Gasteiger partial charge in [0.05, 0.1) is 36.0 Å². The lowest BCUT2D eigenvalue weighted by atomic mass is 10.1. The van der Waals surface area contributed by atoms with E-state index in [4.69, 9.17) is 0 Å². The van der Waals surface area contributed by atoms with Gasteiger partial charge in [0, 0.05) is 5.56 Å². The minimum Gasteiger partial charge on any atom is -0.391 e. The van der Waals surface area contributed by atoms with Gasteiger partial charge in [-0.05, 0) is 44.4 Å². The van der Waals surface area contributed by atoms with E-state index < -0.39 is 29.7 Å². The summed E-state index contributed by atoms with van der Waals surface area (Å²) in [7, 11) is 0. The number of fused-ring (bicyclic) bond motifs is 1. The minimum absolute atomic E-state index is 0.0499. The second kappa shape index (κ2) is 7.82. The summed E-state index contributed by atoms with van der Waals surface area (Å²) >= 11 is 0. The number of nitrogens with one attached hydrogen (secondary N) is 2. The van der Waals surface area contributed by atoms with Crippen LogP contribution in [0.5, 0.6) is 0 Å². The van der Waals surface area contributed by atoms with Crippen molar-refractivity contribution >= 4 is 17.4 Å². The normalized spacial score (nSPS) is 21.4. The number of nitrogens with zero attached hydrogens (tertiary/aromatic N) is 3. The van der Waals surface area contributed by atoms with E-state index in [2.05, 4.69) is 25.6 Å². The number of carbonyl (C=O) groups is 1. The van der Waals surface area contributed by atoms with Gasteiger partial charge in [0.1, 0.15) is 29.5 Å². The highest BCUT2D eigenvalue weighted by molar-refractivity contribution is 6.47. The molecule has 1 aromatic heterocycles. The molecule has 1 saturated carbocycles. The highest BCUT2D eigenvalue weighted by Crippen LogP contribution is 2.28. The maximum absolute atomic E-state index is 14.0. The van der Waals surface area contributed by atoms with Crippen molar-refractivity contribution in [3.8, 4) is 0 Å². The lowest BCUT2D eigenvalue weighted by Crippen LogP contribution is -2.35. The Labute approximate surface area is 166 Å². The number of benzene rings is 1. The molecule has 0 saturated heterocycles. The summed E-state index contributed by atoms with van der Waals surface area (Å²) in [5, 5.41) is 16.0. The van der Waals surface area contributed by atoms with Gasteiger partial charge in [0.2, 0.25) is 0 Å². The van der Waals surface area contributed by atoms with Gasteiger partial charge in [-0.25, -0.2) is 18.7 Å². The number of rotatable bonds is 5. The fourth-order valence-corrected chi connectivity index (χ4v) is 3.79. The Morgan fingerprint density at radius 1 is 1.28 bits per heavy atom. The molecule has 1 aliphatic heterocycles. The molecule has 1 aromatic carbocycles. The molecular weight excluding hydrogens is 380 g/mol. The smallest absolute Gasteiger partial charge is 0.270 e. The van der Waals surface area contributed by atoms with Crippen LogP contribution in [-0.2, 0) is 11.3 Å². The summed E-state index contributed by atoms with van der Waals surface area (Å²) in [5.74, 6) is -1.27. The fraction of sp³-hybridized carbons (Fsp3) is 0.400. The molecule has 0 bridgehead atoms. The molecule has 2 heterocycles. The molecule has 7 nitrogen and oxygen atoms in total. The third kappa shape index (κ3) is 3.82. The standard InChI is InChI=1S/C20H21F2N5O2/c1-10(12-7-11(21)5-6-13(12)22)26-20(29)18-17-15(8-23-18)24-9-25-19(17)27-14-3-2-4-16(14)28/h5-7,9-10,14,16,28H,2-4,8H2,1H3,(H,26,29)(H,24,25,27)/t10-,14-,16-/m1/s1. The van der Waals surface area contributed by atoms with Crippen molar-refractivity contribution in [2.24, 2.45) is 4.99 Å². The maximum atomic E-state index is 14.0. The van der Waals surface area contributed by atoms with Crippen LogP contribution in [0.2, 0.25) is 0 Å². The number of hydrogen-bond acceptors (Lipinski definition) is 6. The molecule has 4 rings (SSSR count). The van der Waals surface area contributed by atoms with Crippen LogP contribution < -0.4 is 10.6 Å². The summed E-state index contributed by atoms with van der Waals surface area (Å²) in [6.45, 7) is 1.80. The third-order valence-corrected chi connectivity index (χ3v) is 5.34. The minimum atomic E-state index is -0.761. The fourth-order valence-electron chi connectivity index (χ4n) is 3.79. The molecule has 3 N–H and O–H groups in total. The predicted molar refractivity (Wildman–Crippen MR) is 102 cm³/mol. The highest BCUT2D eigenvalue weighted by Gasteiger charge is 2.31. The van der Waals surface area contributed by atoms with E-state index in [-0.39, 0.29) is 23.9 Å². The summed E-state index contributed by atoms with van der Waals surface area (Å²) in [6.07, 6.45) is 3.33. The first-order valence-corrected chi connectivity index (χ1v) is 9.53. The monoisotopic (exact) mass is 401 g/mol. The Bertz CT molecular complexity index is 981. The molecule has 1 fully saturated rings. The molecule has 0 spiro atoms. The lowest BCUT2D eigenvalue weighted by Gasteiger charge is -2.20. The van der Waals surface area contributed by atoms with Crippen LogP contribution in [0.4, 0.5) is 14.6 Å². The molecule has 3 atom stereocenters. The summed E-state index contributed by atoms with van der Waals surface area (Å²) in [6, 6.07) is 2.19. The van der Waals surface area contributed by atoms with Crippen molar-refractivity contribution < 1.29 is 18.7 Å². The quantitative estimate of drug-likeness (QED) is 0.714. The molecule has 9 heteroatoms. The van der Waals surface area contributed by atoms with E-state index in [1.807, 2.05) is 0 Å².